The van der Waals surface area contributed by atoms with Gasteiger partial charge in [0.1, 0.15) is 19.2 Å². The number of anilines is 1. The van der Waals surface area contributed by atoms with Crippen LogP contribution in [0, 0.1) is 0 Å². The van der Waals surface area contributed by atoms with Crippen molar-refractivity contribution in [2.24, 2.45) is 0 Å². The molecule has 0 saturated heterocycles. The van der Waals surface area contributed by atoms with E-state index in [-0.39, 0.29) is 1.43 Å². The SMILES string of the molecule is CC.[B]C1=CCCc2oc(NC(=O)OC(C)(C)C)cc21.[HH]. The number of allylic oxidation sites excluding steroid dienone is 1. The van der Waals surface area contributed by atoms with Crippen LogP contribution in [0.5, 0.6) is 0 Å². The van der Waals surface area contributed by atoms with E-state index in [1.807, 2.05) is 19.9 Å². The summed E-state index contributed by atoms with van der Waals surface area (Å²) in [6.07, 6.45) is 3.08. The summed E-state index contributed by atoms with van der Waals surface area (Å²) in [6, 6.07) is 1.73. The number of rotatable bonds is 1. The van der Waals surface area contributed by atoms with Gasteiger partial charge in [0.15, 0.2) is 0 Å². The van der Waals surface area contributed by atoms with Crippen molar-refractivity contribution in [3.8, 4) is 0 Å². The minimum atomic E-state index is -0.533. The third-order valence-electron chi connectivity index (χ3n) is 2.48. The maximum atomic E-state index is 11.6. The zero-order valence-electron chi connectivity index (χ0n) is 12.9. The maximum absolute atomic E-state index is 11.6. The lowest BCUT2D eigenvalue weighted by atomic mass is 9.84. The van der Waals surface area contributed by atoms with Gasteiger partial charge in [-0.25, -0.2) is 4.79 Å². The molecule has 110 valence electrons. The molecular formula is C15H24BNO3. The van der Waals surface area contributed by atoms with Crippen molar-refractivity contribution >= 4 is 25.3 Å². The highest BCUT2D eigenvalue weighted by Crippen LogP contribution is 2.30. The van der Waals surface area contributed by atoms with Crippen LogP contribution in [0.4, 0.5) is 10.7 Å². The Balaban J connectivity index is 0.00000128. The minimum absolute atomic E-state index is 0. The van der Waals surface area contributed by atoms with Gasteiger partial charge in [0.05, 0.1) is 0 Å². The van der Waals surface area contributed by atoms with Crippen LogP contribution in [0.15, 0.2) is 16.6 Å². The van der Waals surface area contributed by atoms with Gasteiger partial charge in [0.2, 0.25) is 5.88 Å². The van der Waals surface area contributed by atoms with Crippen molar-refractivity contribution in [1.82, 2.24) is 0 Å². The Hall–Kier alpha value is -1.65. The van der Waals surface area contributed by atoms with Gasteiger partial charge in [-0.3, -0.25) is 5.32 Å². The second kappa shape index (κ2) is 6.68. The Morgan fingerprint density at radius 2 is 2.10 bits per heavy atom. The van der Waals surface area contributed by atoms with E-state index < -0.39 is 11.7 Å². The molecule has 0 spiro atoms. The zero-order chi connectivity index (χ0) is 15.3. The molecule has 0 aromatic carbocycles. The first-order valence-electron chi connectivity index (χ1n) is 6.94. The van der Waals surface area contributed by atoms with Crippen LogP contribution >= 0.6 is 0 Å². The summed E-state index contributed by atoms with van der Waals surface area (Å²) in [5, 5.41) is 2.57. The highest BCUT2D eigenvalue weighted by atomic mass is 16.6. The number of fused-ring (bicyclic) bond motifs is 1. The van der Waals surface area contributed by atoms with Crippen LogP contribution in [0.2, 0.25) is 0 Å². The molecule has 1 aromatic heterocycles. The highest BCUT2D eigenvalue weighted by molar-refractivity contribution is 6.42. The summed E-state index contributed by atoms with van der Waals surface area (Å²) >= 11 is 0. The Labute approximate surface area is 123 Å². The second-order valence-electron chi connectivity index (χ2n) is 5.27. The highest BCUT2D eigenvalue weighted by Gasteiger charge is 2.20. The number of amides is 1. The minimum Gasteiger partial charge on any atom is -0.445 e. The largest absolute Gasteiger partial charge is 0.445 e. The van der Waals surface area contributed by atoms with E-state index in [9.17, 15) is 4.79 Å². The summed E-state index contributed by atoms with van der Waals surface area (Å²) in [4.78, 5) is 11.6. The number of nitrogens with one attached hydrogen (secondary N) is 1. The van der Waals surface area contributed by atoms with E-state index in [4.69, 9.17) is 17.0 Å². The first-order chi connectivity index (χ1) is 9.35. The fraction of sp³-hybridized carbons (Fsp3) is 0.533. The molecule has 2 rings (SSSR count). The van der Waals surface area contributed by atoms with E-state index in [1.165, 1.54) is 0 Å². The van der Waals surface area contributed by atoms with E-state index in [1.54, 1.807) is 26.8 Å². The Morgan fingerprint density at radius 3 is 2.65 bits per heavy atom. The summed E-state index contributed by atoms with van der Waals surface area (Å²) in [5.41, 5.74) is 1.01. The van der Waals surface area contributed by atoms with Crippen LogP contribution in [-0.2, 0) is 11.2 Å². The van der Waals surface area contributed by atoms with Gasteiger partial charge in [-0.1, -0.05) is 25.4 Å². The quantitative estimate of drug-likeness (QED) is 0.776. The zero-order valence-corrected chi connectivity index (χ0v) is 12.9. The fourth-order valence-electron chi connectivity index (χ4n) is 1.79. The van der Waals surface area contributed by atoms with Crippen LogP contribution in [0.1, 0.15) is 53.8 Å². The number of hydrogen-bond acceptors (Lipinski definition) is 3. The molecule has 0 fully saturated rings. The standard InChI is InChI=1S/C13H16BNO3.C2H6.H2/c1-13(2,3)18-12(16)15-11-7-8-9(14)5-4-6-10(8)17-11;1-2;/h5,7H,4,6H2,1-3H3,(H,15,16);1-2H3;1H. The van der Waals surface area contributed by atoms with Crippen LogP contribution in [-0.4, -0.2) is 19.5 Å². The van der Waals surface area contributed by atoms with Crippen LogP contribution in [0.3, 0.4) is 0 Å². The third-order valence-corrected chi connectivity index (χ3v) is 2.48. The molecule has 0 atom stereocenters. The molecule has 1 amide bonds. The summed E-state index contributed by atoms with van der Waals surface area (Å²) in [5.74, 6) is 1.17. The lowest BCUT2D eigenvalue weighted by molar-refractivity contribution is 0.0632. The summed E-state index contributed by atoms with van der Waals surface area (Å²) < 4.78 is 10.7. The molecule has 2 radical (unpaired) electrons. The lowest BCUT2D eigenvalue weighted by Gasteiger charge is -2.18. The topological polar surface area (TPSA) is 51.5 Å². The van der Waals surface area contributed by atoms with Crippen molar-refractivity contribution < 1.29 is 15.4 Å². The van der Waals surface area contributed by atoms with Crippen molar-refractivity contribution in [2.75, 3.05) is 5.32 Å². The molecule has 1 heterocycles. The number of carbonyl (C=O) groups is 1. The number of furan rings is 1. The van der Waals surface area contributed by atoms with Gasteiger partial charge in [-0.05, 0) is 27.2 Å². The van der Waals surface area contributed by atoms with Gasteiger partial charge in [0, 0.05) is 19.5 Å². The number of aryl methyl sites for hydroxylation is 1. The Kier molecular flexibility index (Phi) is 5.48. The van der Waals surface area contributed by atoms with Crippen LogP contribution in [0.25, 0.3) is 5.47 Å². The third kappa shape index (κ3) is 4.47. The Bertz CT molecular complexity index is 504. The van der Waals surface area contributed by atoms with Crippen molar-refractivity contribution in [3.63, 3.8) is 0 Å². The molecule has 1 aliphatic rings. The van der Waals surface area contributed by atoms with Gasteiger partial charge < -0.3 is 9.15 Å². The first kappa shape index (κ1) is 16.4. The Morgan fingerprint density at radius 1 is 1.45 bits per heavy atom. The van der Waals surface area contributed by atoms with E-state index in [2.05, 4.69) is 5.32 Å². The van der Waals surface area contributed by atoms with Crippen LogP contribution < -0.4 is 5.32 Å². The molecule has 5 heteroatoms. The fourth-order valence-corrected chi connectivity index (χ4v) is 1.79. The average Bonchev–Trinajstić information content (AvgIpc) is 2.73. The van der Waals surface area contributed by atoms with Gasteiger partial charge in [-0.15, -0.1) is 0 Å². The average molecular weight is 277 g/mol. The number of ether oxygens (including phenoxy) is 1. The molecule has 1 aromatic rings. The maximum Gasteiger partial charge on any atom is 0.414 e. The predicted molar refractivity (Wildman–Crippen MR) is 84.1 cm³/mol. The molecule has 1 aliphatic carbocycles. The molecule has 4 nitrogen and oxygen atoms in total. The first-order valence-corrected chi connectivity index (χ1v) is 6.94. The molecular weight excluding hydrogens is 253 g/mol. The molecule has 20 heavy (non-hydrogen) atoms. The molecule has 0 bridgehead atoms. The van der Waals surface area contributed by atoms with Crippen molar-refractivity contribution in [3.05, 3.63) is 23.5 Å². The van der Waals surface area contributed by atoms with Crippen molar-refractivity contribution in [2.45, 2.75) is 53.1 Å². The van der Waals surface area contributed by atoms with E-state index in [0.29, 0.717) is 11.4 Å². The molecule has 0 aliphatic heterocycles. The van der Waals surface area contributed by atoms with Gasteiger partial charge in [0.25, 0.3) is 0 Å². The number of carbonyl (C=O) groups excluding carboxylic acids is 1. The molecule has 0 saturated carbocycles. The molecule has 1 N–H and O–H groups in total. The summed E-state index contributed by atoms with van der Waals surface area (Å²) in [7, 11) is 5.85. The van der Waals surface area contributed by atoms with Gasteiger partial charge >= 0.3 is 6.09 Å². The van der Waals surface area contributed by atoms with E-state index >= 15 is 0 Å². The lowest BCUT2D eigenvalue weighted by Crippen LogP contribution is -2.27. The predicted octanol–water partition coefficient (Wildman–Crippen LogP) is 4.35. The number of hydrogen-bond donors (Lipinski definition) is 1. The second-order valence-corrected chi connectivity index (χ2v) is 5.27. The normalized spacial score (nSPS) is 13.6. The van der Waals surface area contributed by atoms with Crippen molar-refractivity contribution in [1.29, 1.82) is 0 Å². The smallest absolute Gasteiger partial charge is 0.414 e. The molecule has 0 unspecified atom stereocenters. The van der Waals surface area contributed by atoms with Gasteiger partial charge in [-0.2, -0.15) is 0 Å². The monoisotopic (exact) mass is 277 g/mol. The van der Waals surface area contributed by atoms with E-state index in [0.717, 1.165) is 24.2 Å². The summed E-state index contributed by atoms with van der Waals surface area (Å²) in [6.45, 7) is 9.42.